The van der Waals surface area contributed by atoms with Gasteiger partial charge in [-0.1, -0.05) is 25.1 Å². The van der Waals surface area contributed by atoms with E-state index in [4.69, 9.17) is 9.47 Å². The molecule has 144 valence electrons. The number of hydrogen-bond donors (Lipinski definition) is 1. The number of nitrogens with one attached hydrogen (secondary N) is 1. The largest absolute Gasteiger partial charge is 0.493 e. The molecule has 0 aliphatic heterocycles. The minimum absolute atomic E-state index is 0.164. The molecule has 0 bridgehead atoms. The topological polar surface area (TPSA) is 64.6 Å². The van der Waals surface area contributed by atoms with Crippen LogP contribution < -0.4 is 10.1 Å². The molecule has 1 amide bonds. The lowest BCUT2D eigenvalue weighted by atomic mass is 9.88. The Morgan fingerprint density at radius 2 is 2.04 bits per heavy atom. The summed E-state index contributed by atoms with van der Waals surface area (Å²) in [5.41, 5.74) is 1.59. The summed E-state index contributed by atoms with van der Waals surface area (Å²) in [6, 6.07) is 9.39. The predicted octanol–water partition coefficient (Wildman–Crippen LogP) is 4.46. The summed E-state index contributed by atoms with van der Waals surface area (Å²) in [7, 11) is 0. The smallest absolute Gasteiger partial charge is 0.341 e. The average molecular weight is 388 g/mol. The molecule has 1 N–H and O–H groups in total. The van der Waals surface area contributed by atoms with Crippen molar-refractivity contribution in [2.45, 2.75) is 39.5 Å². The minimum atomic E-state index is -0.347. The van der Waals surface area contributed by atoms with E-state index in [1.807, 2.05) is 30.3 Å². The first-order valence-electron chi connectivity index (χ1n) is 9.37. The van der Waals surface area contributed by atoms with Crippen molar-refractivity contribution in [3.05, 3.63) is 46.3 Å². The molecule has 1 aromatic heterocycles. The van der Waals surface area contributed by atoms with Crippen molar-refractivity contribution in [3.8, 4) is 5.75 Å². The summed E-state index contributed by atoms with van der Waals surface area (Å²) >= 11 is 1.50. The third-order valence-corrected chi connectivity index (χ3v) is 5.76. The molecule has 1 atom stereocenters. The minimum Gasteiger partial charge on any atom is -0.493 e. The number of benzene rings is 1. The molecule has 0 saturated heterocycles. The van der Waals surface area contributed by atoms with Gasteiger partial charge in [0.05, 0.1) is 25.2 Å². The van der Waals surface area contributed by atoms with Crippen molar-refractivity contribution < 1.29 is 19.1 Å². The zero-order valence-electron chi connectivity index (χ0n) is 15.7. The summed E-state index contributed by atoms with van der Waals surface area (Å²) < 4.78 is 10.8. The Hall–Kier alpha value is -2.34. The van der Waals surface area contributed by atoms with Crippen LogP contribution in [-0.4, -0.2) is 25.1 Å². The zero-order valence-corrected chi connectivity index (χ0v) is 16.6. The number of anilines is 1. The Bertz CT molecular complexity index is 800. The fourth-order valence-corrected chi connectivity index (χ4v) is 4.64. The monoisotopic (exact) mass is 387 g/mol. The molecule has 5 nitrogen and oxygen atoms in total. The molecule has 2 aromatic rings. The first-order valence-corrected chi connectivity index (χ1v) is 10.2. The van der Waals surface area contributed by atoms with E-state index in [9.17, 15) is 9.59 Å². The van der Waals surface area contributed by atoms with Crippen molar-refractivity contribution in [2.24, 2.45) is 5.92 Å². The number of hydrogen-bond acceptors (Lipinski definition) is 5. The second-order valence-corrected chi connectivity index (χ2v) is 7.84. The lowest BCUT2D eigenvalue weighted by Gasteiger charge is -2.18. The SMILES string of the molecule is CCOC(=O)c1c(NC(=O)CCOc2ccccc2)sc2c1CC[C@H](C)C2. The van der Waals surface area contributed by atoms with E-state index in [2.05, 4.69) is 12.2 Å². The number of carbonyl (C=O) groups excluding carboxylic acids is 2. The highest BCUT2D eigenvalue weighted by Gasteiger charge is 2.29. The van der Waals surface area contributed by atoms with Crippen molar-refractivity contribution >= 4 is 28.2 Å². The normalized spacial score (nSPS) is 15.7. The van der Waals surface area contributed by atoms with Gasteiger partial charge in [0.2, 0.25) is 5.91 Å². The van der Waals surface area contributed by atoms with Crippen LogP contribution in [0.5, 0.6) is 5.75 Å². The predicted molar refractivity (Wildman–Crippen MR) is 107 cm³/mol. The first-order chi connectivity index (χ1) is 13.1. The number of fused-ring (bicyclic) bond motifs is 1. The number of para-hydroxylation sites is 1. The van der Waals surface area contributed by atoms with Crippen LogP contribution in [0, 0.1) is 5.92 Å². The second kappa shape index (κ2) is 9.04. The molecule has 1 heterocycles. The molecule has 0 fully saturated rings. The molecular formula is C21H25NO4S. The first kappa shape index (κ1) is 19.4. The molecule has 0 saturated carbocycles. The van der Waals surface area contributed by atoms with Crippen LogP contribution in [0.2, 0.25) is 0 Å². The number of carbonyl (C=O) groups is 2. The lowest BCUT2D eigenvalue weighted by Crippen LogP contribution is -2.18. The summed E-state index contributed by atoms with van der Waals surface area (Å²) in [5.74, 6) is 0.815. The molecule has 0 spiro atoms. The van der Waals surface area contributed by atoms with Gasteiger partial charge in [0.15, 0.2) is 0 Å². The maximum absolute atomic E-state index is 12.5. The standard InChI is InChI=1S/C21H25NO4S/c1-3-25-21(24)19-16-10-9-14(2)13-17(16)27-20(19)22-18(23)11-12-26-15-7-5-4-6-8-15/h4-8,14H,3,9-13H2,1-2H3,(H,22,23)/t14-/m0/s1. The molecular weight excluding hydrogens is 362 g/mol. The van der Waals surface area contributed by atoms with Gasteiger partial charge >= 0.3 is 5.97 Å². The van der Waals surface area contributed by atoms with Gasteiger partial charge in [0, 0.05) is 4.88 Å². The number of amides is 1. The van der Waals surface area contributed by atoms with Crippen LogP contribution in [-0.2, 0) is 22.4 Å². The molecule has 0 unspecified atom stereocenters. The fraction of sp³-hybridized carbons (Fsp3) is 0.429. The number of esters is 1. The molecule has 6 heteroatoms. The molecule has 3 rings (SSSR count). The maximum atomic E-state index is 12.5. The maximum Gasteiger partial charge on any atom is 0.341 e. The van der Waals surface area contributed by atoms with Crippen molar-refractivity contribution in [2.75, 3.05) is 18.5 Å². The Morgan fingerprint density at radius 3 is 2.78 bits per heavy atom. The van der Waals surface area contributed by atoms with Crippen LogP contribution in [0.15, 0.2) is 30.3 Å². The van der Waals surface area contributed by atoms with Crippen molar-refractivity contribution in [3.63, 3.8) is 0 Å². The molecule has 1 aliphatic carbocycles. The van der Waals surface area contributed by atoms with E-state index in [1.165, 1.54) is 16.2 Å². The van der Waals surface area contributed by atoms with E-state index in [0.717, 1.165) is 30.6 Å². The number of rotatable bonds is 7. The van der Waals surface area contributed by atoms with E-state index >= 15 is 0 Å². The number of ether oxygens (including phenoxy) is 2. The fourth-order valence-electron chi connectivity index (χ4n) is 3.23. The summed E-state index contributed by atoms with van der Waals surface area (Å²) in [6.07, 6.45) is 3.07. The van der Waals surface area contributed by atoms with Crippen LogP contribution in [0.3, 0.4) is 0 Å². The highest BCUT2D eigenvalue weighted by atomic mass is 32.1. The lowest BCUT2D eigenvalue weighted by molar-refractivity contribution is -0.116. The van der Waals surface area contributed by atoms with Gasteiger partial charge in [-0.05, 0) is 49.8 Å². The third-order valence-electron chi connectivity index (χ3n) is 4.59. The van der Waals surface area contributed by atoms with Crippen LogP contribution >= 0.6 is 11.3 Å². The molecule has 27 heavy (non-hydrogen) atoms. The highest BCUT2D eigenvalue weighted by Crippen LogP contribution is 2.40. The third kappa shape index (κ3) is 4.89. The Kier molecular flexibility index (Phi) is 6.50. The zero-order chi connectivity index (χ0) is 19.2. The summed E-state index contributed by atoms with van der Waals surface area (Å²) in [4.78, 5) is 26.0. The van der Waals surface area contributed by atoms with E-state index in [-0.39, 0.29) is 24.9 Å². The van der Waals surface area contributed by atoms with Crippen molar-refractivity contribution in [1.82, 2.24) is 0 Å². The second-order valence-electron chi connectivity index (χ2n) is 6.74. The van der Waals surface area contributed by atoms with E-state index < -0.39 is 0 Å². The van der Waals surface area contributed by atoms with Crippen molar-refractivity contribution in [1.29, 1.82) is 0 Å². The van der Waals surface area contributed by atoms with Gasteiger partial charge in [-0.15, -0.1) is 11.3 Å². The average Bonchev–Trinajstić information content (AvgIpc) is 2.99. The highest BCUT2D eigenvalue weighted by molar-refractivity contribution is 7.17. The van der Waals surface area contributed by atoms with Gasteiger partial charge in [-0.2, -0.15) is 0 Å². The van der Waals surface area contributed by atoms with Crippen LogP contribution in [0.25, 0.3) is 0 Å². The summed E-state index contributed by atoms with van der Waals surface area (Å²) in [6.45, 7) is 4.61. The van der Waals surface area contributed by atoms with Gasteiger partial charge < -0.3 is 14.8 Å². The quantitative estimate of drug-likeness (QED) is 0.713. The van der Waals surface area contributed by atoms with Gasteiger partial charge in [-0.25, -0.2) is 4.79 Å². The molecule has 1 aromatic carbocycles. The Morgan fingerprint density at radius 1 is 1.26 bits per heavy atom. The van der Waals surface area contributed by atoms with E-state index in [0.29, 0.717) is 23.1 Å². The Balaban J connectivity index is 1.67. The Labute approximate surface area is 163 Å². The van der Waals surface area contributed by atoms with Gasteiger partial charge in [-0.3, -0.25) is 4.79 Å². The van der Waals surface area contributed by atoms with Gasteiger partial charge in [0.1, 0.15) is 10.8 Å². The van der Waals surface area contributed by atoms with E-state index in [1.54, 1.807) is 6.92 Å². The van der Waals surface area contributed by atoms with Crippen LogP contribution in [0.1, 0.15) is 47.5 Å². The number of thiophene rings is 1. The van der Waals surface area contributed by atoms with Crippen LogP contribution in [0.4, 0.5) is 5.00 Å². The summed E-state index contributed by atoms with van der Waals surface area (Å²) in [5, 5.41) is 3.52. The van der Waals surface area contributed by atoms with Gasteiger partial charge in [0.25, 0.3) is 0 Å². The molecule has 1 aliphatic rings. The molecule has 0 radical (unpaired) electrons.